The Morgan fingerprint density at radius 2 is 2.00 bits per heavy atom. The first-order valence-electron chi connectivity index (χ1n) is 7.36. The Morgan fingerprint density at radius 3 is 2.73 bits per heavy atom. The molecule has 0 spiro atoms. The van der Waals surface area contributed by atoms with Gasteiger partial charge in [0.25, 0.3) is 5.91 Å². The van der Waals surface area contributed by atoms with E-state index in [1.165, 1.54) is 0 Å². The van der Waals surface area contributed by atoms with E-state index in [4.69, 9.17) is 5.73 Å². The van der Waals surface area contributed by atoms with Gasteiger partial charge in [0, 0.05) is 6.54 Å². The lowest BCUT2D eigenvalue weighted by Crippen LogP contribution is -2.37. The summed E-state index contributed by atoms with van der Waals surface area (Å²) in [5.74, 6) is -0.892. The molecule has 114 valence electrons. The highest BCUT2D eigenvalue weighted by molar-refractivity contribution is 5.98. The van der Waals surface area contributed by atoms with E-state index in [0.717, 1.165) is 31.5 Å². The second-order valence-corrected chi connectivity index (χ2v) is 5.40. The lowest BCUT2D eigenvalue weighted by molar-refractivity contribution is -0.120. The number of carbonyl (C=O) groups excluding carboxylic acids is 2. The SMILES string of the molecule is NC(=O)C(NC(=O)c1cnn2c1CCCC2)c1ccccc1. The third kappa shape index (κ3) is 2.72. The van der Waals surface area contributed by atoms with Crippen LogP contribution in [0.3, 0.4) is 0 Å². The molecule has 1 atom stereocenters. The van der Waals surface area contributed by atoms with Crippen LogP contribution in [0, 0.1) is 0 Å². The summed E-state index contributed by atoms with van der Waals surface area (Å²) < 4.78 is 1.86. The fraction of sp³-hybridized carbons (Fsp3) is 0.312. The fourth-order valence-electron chi connectivity index (χ4n) is 2.78. The quantitative estimate of drug-likeness (QED) is 0.888. The number of hydrogen-bond acceptors (Lipinski definition) is 3. The number of primary amides is 1. The maximum atomic E-state index is 12.5. The Hall–Kier alpha value is -2.63. The molecule has 0 fully saturated rings. The van der Waals surface area contributed by atoms with Crippen LogP contribution in [0.15, 0.2) is 36.5 Å². The summed E-state index contributed by atoms with van der Waals surface area (Å²) in [4.78, 5) is 24.2. The molecule has 2 amide bonds. The Kier molecular flexibility index (Phi) is 3.91. The molecule has 22 heavy (non-hydrogen) atoms. The van der Waals surface area contributed by atoms with Crippen LogP contribution >= 0.6 is 0 Å². The summed E-state index contributed by atoms with van der Waals surface area (Å²) in [6.07, 6.45) is 4.52. The summed E-state index contributed by atoms with van der Waals surface area (Å²) in [6.45, 7) is 0.834. The number of rotatable bonds is 4. The predicted molar refractivity (Wildman–Crippen MR) is 81.0 cm³/mol. The number of benzene rings is 1. The van der Waals surface area contributed by atoms with Gasteiger partial charge in [-0.15, -0.1) is 0 Å². The lowest BCUT2D eigenvalue weighted by atomic mass is 10.0. The van der Waals surface area contributed by atoms with Crippen LogP contribution in [0.25, 0.3) is 0 Å². The van der Waals surface area contributed by atoms with Crippen molar-refractivity contribution in [1.29, 1.82) is 0 Å². The smallest absolute Gasteiger partial charge is 0.255 e. The van der Waals surface area contributed by atoms with Crippen molar-refractivity contribution in [2.75, 3.05) is 0 Å². The highest BCUT2D eigenvalue weighted by Gasteiger charge is 2.25. The number of aromatic nitrogens is 2. The first-order valence-corrected chi connectivity index (χ1v) is 7.36. The predicted octanol–water partition coefficient (Wildman–Crippen LogP) is 1.18. The van der Waals surface area contributed by atoms with E-state index in [1.54, 1.807) is 30.5 Å². The topological polar surface area (TPSA) is 90.0 Å². The van der Waals surface area contributed by atoms with Crippen molar-refractivity contribution in [1.82, 2.24) is 15.1 Å². The van der Waals surface area contributed by atoms with Gasteiger partial charge >= 0.3 is 0 Å². The summed E-state index contributed by atoms with van der Waals surface area (Å²) in [5, 5.41) is 6.96. The number of fused-ring (bicyclic) bond motifs is 1. The molecule has 0 saturated heterocycles. The number of hydrogen-bond donors (Lipinski definition) is 2. The summed E-state index contributed by atoms with van der Waals surface area (Å²) in [7, 11) is 0. The second-order valence-electron chi connectivity index (χ2n) is 5.40. The van der Waals surface area contributed by atoms with Gasteiger partial charge in [-0.3, -0.25) is 14.3 Å². The molecule has 3 N–H and O–H groups in total. The molecule has 6 heteroatoms. The second kappa shape index (κ2) is 6.01. The Bertz CT molecular complexity index is 693. The van der Waals surface area contributed by atoms with Crippen LogP contribution in [-0.2, 0) is 17.8 Å². The molecule has 0 saturated carbocycles. The lowest BCUT2D eigenvalue weighted by Gasteiger charge is -2.17. The molecule has 2 heterocycles. The normalized spacial score (nSPS) is 14.9. The minimum absolute atomic E-state index is 0.309. The van der Waals surface area contributed by atoms with Gasteiger partial charge in [-0.05, 0) is 24.8 Å². The van der Waals surface area contributed by atoms with Crippen LogP contribution in [0.2, 0.25) is 0 Å². The molecule has 0 bridgehead atoms. The average molecular weight is 298 g/mol. The van der Waals surface area contributed by atoms with Crippen molar-refractivity contribution in [3.8, 4) is 0 Å². The molecule has 6 nitrogen and oxygen atoms in total. The van der Waals surface area contributed by atoms with Crippen LogP contribution in [-0.4, -0.2) is 21.6 Å². The maximum absolute atomic E-state index is 12.5. The van der Waals surface area contributed by atoms with E-state index in [2.05, 4.69) is 10.4 Å². The monoisotopic (exact) mass is 298 g/mol. The largest absolute Gasteiger partial charge is 0.368 e. The van der Waals surface area contributed by atoms with Crippen molar-refractivity contribution < 1.29 is 9.59 Å². The van der Waals surface area contributed by atoms with Crippen LogP contribution < -0.4 is 11.1 Å². The Balaban J connectivity index is 1.83. The molecule has 1 unspecified atom stereocenters. The standard InChI is InChI=1S/C16H18N4O2/c17-15(21)14(11-6-2-1-3-7-11)19-16(22)12-10-18-20-9-5-4-8-13(12)20/h1-3,6-7,10,14H,4-5,8-9H2,(H2,17,21)(H,19,22). The molecular weight excluding hydrogens is 280 g/mol. The highest BCUT2D eigenvalue weighted by Crippen LogP contribution is 2.19. The minimum Gasteiger partial charge on any atom is -0.368 e. The number of carbonyl (C=O) groups is 2. The molecule has 0 aliphatic carbocycles. The number of amides is 2. The van der Waals surface area contributed by atoms with E-state index in [9.17, 15) is 9.59 Å². The molecule has 1 aromatic heterocycles. The number of aryl methyl sites for hydroxylation is 1. The Labute approximate surface area is 128 Å². The van der Waals surface area contributed by atoms with Crippen molar-refractivity contribution in [2.24, 2.45) is 5.73 Å². The molecular formula is C16H18N4O2. The first-order chi connectivity index (χ1) is 10.7. The number of nitrogens with zero attached hydrogens (tertiary/aromatic N) is 2. The van der Waals surface area contributed by atoms with Crippen LogP contribution in [0.4, 0.5) is 0 Å². The molecule has 0 radical (unpaired) electrons. The van der Waals surface area contributed by atoms with Gasteiger partial charge in [0.1, 0.15) is 6.04 Å². The van der Waals surface area contributed by atoms with Gasteiger partial charge in [0.2, 0.25) is 5.91 Å². The van der Waals surface area contributed by atoms with E-state index in [1.807, 2.05) is 10.7 Å². The average Bonchev–Trinajstić information content (AvgIpc) is 2.97. The highest BCUT2D eigenvalue weighted by atomic mass is 16.2. The molecule has 1 aliphatic heterocycles. The zero-order valence-corrected chi connectivity index (χ0v) is 12.2. The van der Waals surface area contributed by atoms with Crippen LogP contribution in [0.1, 0.15) is 40.5 Å². The third-order valence-corrected chi connectivity index (χ3v) is 3.92. The molecule has 1 aliphatic rings. The minimum atomic E-state index is -0.840. The van der Waals surface area contributed by atoms with Gasteiger partial charge in [0.15, 0.2) is 0 Å². The van der Waals surface area contributed by atoms with E-state index in [-0.39, 0.29) is 5.91 Å². The van der Waals surface area contributed by atoms with Gasteiger partial charge in [0.05, 0.1) is 17.5 Å². The fourth-order valence-corrected chi connectivity index (χ4v) is 2.78. The molecule has 1 aromatic carbocycles. The summed E-state index contributed by atoms with van der Waals surface area (Å²) in [5.41, 5.74) is 7.56. The van der Waals surface area contributed by atoms with Crippen molar-refractivity contribution in [3.63, 3.8) is 0 Å². The maximum Gasteiger partial charge on any atom is 0.255 e. The van der Waals surface area contributed by atoms with E-state index < -0.39 is 11.9 Å². The van der Waals surface area contributed by atoms with Gasteiger partial charge in [-0.2, -0.15) is 5.10 Å². The number of nitrogens with two attached hydrogens (primary N) is 1. The molecule has 2 aromatic rings. The van der Waals surface area contributed by atoms with Gasteiger partial charge in [-0.1, -0.05) is 30.3 Å². The molecule has 3 rings (SSSR count). The number of nitrogens with one attached hydrogen (secondary N) is 1. The van der Waals surface area contributed by atoms with Crippen LogP contribution in [0.5, 0.6) is 0 Å². The zero-order chi connectivity index (χ0) is 15.5. The van der Waals surface area contributed by atoms with E-state index >= 15 is 0 Å². The first kappa shape index (κ1) is 14.3. The zero-order valence-electron chi connectivity index (χ0n) is 12.2. The third-order valence-electron chi connectivity index (χ3n) is 3.92. The van der Waals surface area contributed by atoms with E-state index in [0.29, 0.717) is 11.1 Å². The van der Waals surface area contributed by atoms with Gasteiger partial charge < -0.3 is 11.1 Å². The van der Waals surface area contributed by atoms with Crippen molar-refractivity contribution in [3.05, 3.63) is 53.3 Å². The van der Waals surface area contributed by atoms with Crippen molar-refractivity contribution in [2.45, 2.75) is 31.8 Å². The van der Waals surface area contributed by atoms with Crippen molar-refractivity contribution >= 4 is 11.8 Å². The summed E-state index contributed by atoms with van der Waals surface area (Å²) in [6, 6.07) is 8.15. The van der Waals surface area contributed by atoms with Gasteiger partial charge in [-0.25, -0.2) is 0 Å². The summed E-state index contributed by atoms with van der Waals surface area (Å²) >= 11 is 0. The Morgan fingerprint density at radius 1 is 1.23 bits per heavy atom.